The average molecular weight is 782 g/mol. The molecule has 0 aliphatic heterocycles. The van der Waals surface area contributed by atoms with Crippen LogP contribution in [0.25, 0.3) is 44.3 Å². The number of nitrogens with zero attached hydrogens (tertiary/aromatic N) is 2. The number of carbonyl (C=O) groups is 1. The molecule has 5 rings (SSSR count). The Kier molecular flexibility index (Phi) is 12.8. The zero-order chi connectivity index (χ0) is 31.9. The van der Waals surface area contributed by atoms with Crippen LogP contribution in [0.1, 0.15) is 79.7 Å². The first-order valence-electron chi connectivity index (χ1n) is 15.8. The minimum absolute atomic E-state index is 0. The van der Waals surface area contributed by atoms with E-state index in [9.17, 15) is 9.90 Å². The number of ketones is 1. The maximum atomic E-state index is 11.7. The Hall–Kier alpha value is -3.60. The quantitative estimate of drug-likeness (QED) is 0.0916. The number of aliphatic hydroxyl groups is 1. The third-order valence-electron chi connectivity index (χ3n) is 8.30. The van der Waals surface area contributed by atoms with Crippen molar-refractivity contribution in [3.05, 3.63) is 96.7 Å². The van der Waals surface area contributed by atoms with Gasteiger partial charge in [-0.25, -0.2) is 0 Å². The molecule has 0 aliphatic rings. The molecule has 0 aliphatic carbocycles. The molecule has 5 aromatic rings. The van der Waals surface area contributed by atoms with Gasteiger partial charge >= 0.3 is 0 Å². The number of aliphatic hydroxyl groups excluding tert-OH is 1. The molecule has 0 spiro atoms. The number of pyridine rings is 2. The van der Waals surface area contributed by atoms with E-state index in [4.69, 9.17) is 4.42 Å². The second-order valence-electron chi connectivity index (χ2n) is 12.3. The molecule has 5 nitrogen and oxygen atoms in total. The fourth-order valence-corrected chi connectivity index (χ4v) is 5.53. The molecule has 0 unspecified atom stereocenters. The van der Waals surface area contributed by atoms with Crippen molar-refractivity contribution < 1.29 is 34.4 Å². The number of hydrogen-bond donors (Lipinski definition) is 1. The second-order valence-corrected chi connectivity index (χ2v) is 12.3. The van der Waals surface area contributed by atoms with Gasteiger partial charge in [-0.15, -0.1) is 29.1 Å². The number of benzene rings is 2. The van der Waals surface area contributed by atoms with Gasteiger partial charge in [0.15, 0.2) is 5.78 Å². The molecule has 3 aromatic heterocycles. The van der Waals surface area contributed by atoms with E-state index in [-0.39, 0.29) is 48.9 Å². The van der Waals surface area contributed by atoms with Gasteiger partial charge in [-0.2, -0.15) is 0 Å². The molecule has 0 amide bonds. The van der Waals surface area contributed by atoms with Crippen LogP contribution in [-0.4, -0.2) is 20.9 Å². The number of fused-ring (bicyclic) bond motifs is 2. The van der Waals surface area contributed by atoms with Crippen molar-refractivity contribution in [1.29, 1.82) is 0 Å². The minimum atomic E-state index is 0. The van der Waals surface area contributed by atoms with Crippen molar-refractivity contribution >= 4 is 27.5 Å². The molecule has 1 radical (unpaired) electrons. The van der Waals surface area contributed by atoms with Gasteiger partial charge in [-0.3, -0.25) is 14.8 Å². The number of aromatic nitrogens is 2. The molecule has 0 atom stereocenters. The van der Waals surface area contributed by atoms with E-state index in [0.717, 1.165) is 64.6 Å². The molecule has 6 heteroatoms. The summed E-state index contributed by atoms with van der Waals surface area (Å²) in [5.74, 6) is 1.36. The van der Waals surface area contributed by atoms with Gasteiger partial charge in [0.05, 0.1) is 5.76 Å². The molecule has 3 heterocycles. The van der Waals surface area contributed by atoms with Gasteiger partial charge in [0.2, 0.25) is 0 Å². The van der Waals surface area contributed by atoms with Gasteiger partial charge in [-0.1, -0.05) is 83.7 Å². The topological polar surface area (TPSA) is 76.2 Å². The summed E-state index contributed by atoms with van der Waals surface area (Å²) in [4.78, 5) is 20.5. The van der Waals surface area contributed by atoms with Crippen LogP contribution in [-0.2, 0) is 30.3 Å². The Morgan fingerprint density at radius 1 is 0.933 bits per heavy atom. The first-order valence-corrected chi connectivity index (χ1v) is 15.8. The van der Waals surface area contributed by atoms with Gasteiger partial charge in [0, 0.05) is 73.3 Å². The molecule has 45 heavy (non-hydrogen) atoms. The van der Waals surface area contributed by atoms with E-state index in [0.29, 0.717) is 0 Å². The maximum absolute atomic E-state index is 11.7. The predicted octanol–water partition coefficient (Wildman–Crippen LogP) is 10.7. The molecular formula is C39H45IrN2O3-. The number of carbonyl (C=O) groups excluding carboxylic acids is 1. The third-order valence-corrected chi connectivity index (χ3v) is 8.30. The molecule has 2 aromatic carbocycles. The summed E-state index contributed by atoms with van der Waals surface area (Å²) in [6, 6.07) is 22.1. The van der Waals surface area contributed by atoms with Gasteiger partial charge in [-0.05, 0) is 49.3 Å². The third kappa shape index (κ3) is 8.77. The standard InChI is InChI=1S/C26H21N2O.C13H24O2.Ir/c1-26(2,3)22-13-19(12-17-6-4-5-7-21(17)22)23-14-18(8-11-28-23)25-15-20-16-27-10-9-24(20)29-25;1-5-10(6-2)12(14)9-13(15)11(7-3)8-4;/h4-11,13-16H,1-3H3;9-11,14H,5-8H2,1-4H3;/q-1;;/b;12-9-;. The van der Waals surface area contributed by atoms with Crippen molar-refractivity contribution in [3.63, 3.8) is 0 Å². The molecule has 0 saturated carbocycles. The Morgan fingerprint density at radius 3 is 2.27 bits per heavy atom. The second kappa shape index (κ2) is 16.1. The fraction of sp³-hybridized carbons (Fsp3) is 0.359. The molecule has 0 fully saturated rings. The van der Waals surface area contributed by atoms with E-state index >= 15 is 0 Å². The van der Waals surface area contributed by atoms with Crippen LogP contribution in [0.15, 0.2) is 89.4 Å². The molecule has 239 valence electrons. The van der Waals surface area contributed by atoms with Crippen molar-refractivity contribution in [2.24, 2.45) is 11.8 Å². The van der Waals surface area contributed by atoms with Crippen molar-refractivity contribution in [1.82, 2.24) is 9.97 Å². The summed E-state index contributed by atoms with van der Waals surface area (Å²) in [5.41, 5.74) is 5.02. The predicted molar refractivity (Wildman–Crippen MR) is 182 cm³/mol. The van der Waals surface area contributed by atoms with Crippen LogP contribution in [0.4, 0.5) is 0 Å². The monoisotopic (exact) mass is 782 g/mol. The van der Waals surface area contributed by atoms with Crippen LogP contribution < -0.4 is 0 Å². The van der Waals surface area contributed by atoms with Gasteiger partial charge in [0.1, 0.15) is 11.3 Å². The zero-order valence-corrected chi connectivity index (χ0v) is 29.9. The van der Waals surface area contributed by atoms with Crippen LogP contribution in [0, 0.1) is 17.9 Å². The van der Waals surface area contributed by atoms with Crippen molar-refractivity contribution in [2.45, 2.75) is 79.6 Å². The Bertz CT molecular complexity index is 1710. The van der Waals surface area contributed by atoms with Crippen LogP contribution in [0.3, 0.4) is 0 Å². The van der Waals surface area contributed by atoms with E-state index in [2.05, 4.69) is 73.2 Å². The Morgan fingerprint density at radius 2 is 1.62 bits per heavy atom. The summed E-state index contributed by atoms with van der Waals surface area (Å²) >= 11 is 0. The normalized spacial score (nSPS) is 11.9. The largest absolute Gasteiger partial charge is 0.512 e. The van der Waals surface area contributed by atoms with Crippen molar-refractivity contribution in [2.75, 3.05) is 0 Å². The number of hydrogen-bond acceptors (Lipinski definition) is 5. The summed E-state index contributed by atoms with van der Waals surface area (Å²) in [7, 11) is 0. The van der Waals surface area contributed by atoms with E-state index in [1.807, 2.05) is 58.3 Å². The Labute approximate surface area is 281 Å². The minimum Gasteiger partial charge on any atom is -0.512 e. The number of rotatable bonds is 9. The number of furan rings is 1. The Balaban J connectivity index is 0.000000297. The first kappa shape index (κ1) is 35.9. The zero-order valence-electron chi connectivity index (χ0n) is 27.5. The molecule has 0 bridgehead atoms. The van der Waals surface area contributed by atoms with Gasteiger partial charge < -0.3 is 9.52 Å². The smallest absolute Gasteiger partial charge is 0.162 e. The molecule has 0 saturated heterocycles. The van der Waals surface area contributed by atoms with E-state index in [1.54, 1.807) is 6.20 Å². The summed E-state index contributed by atoms with van der Waals surface area (Å²) in [6.07, 6.45) is 10.3. The maximum Gasteiger partial charge on any atom is 0.162 e. The summed E-state index contributed by atoms with van der Waals surface area (Å²) in [6.45, 7) is 14.8. The summed E-state index contributed by atoms with van der Waals surface area (Å²) < 4.78 is 6.02. The van der Waals surface area contributed by atoms with Crippen LogP contribution >= 0.6 is 0 Å². The van der Waals surface area contributed by atoms with E-state index < -0.39 is 0 Å². The molecular weight excluding hydrogens is 737 g/mol. The number of allylic oxidation sites excluding steroid dienone is 2. The fourth-order valence-electron chi connectivity index (χ4n) is 5.53. The van der Waals surface area contributed by atoms with Crippen molar-refractivity contribution in [3.8, 4) is 22.6 Å². The van der Waals surface area contributed by atoms with Gasteiger partial charge in [0.25, 0.3) is 0 Å². The summed E-state index contributed by atoms with van der Waals surface area (Å²) in [5, 5.41) is 13.1. The molecule has 1 N–H and O–H groups in total. The first-order chi connectivity index (χ1) is 21.1. The average Bonchev–Trinajstić information content (AvgIpc) is 3.46. The van der Waals surface area contributed by atoms with Crippen LogP contribution in [0.2, 0.25) is 0 Å². The SMILES string of the molecule is CC(C)(C)c1cc(-c2cc(-c3cc4cnccc4o3)ccn2)[c-]c2ccccc12.CCC(CC)C(=O)/C=C(\O)C(CC)CC.[Ir]. The van der Waals surface area contributed by atoms with E-state index in [1.165, 1.54) is 17.0 Å². The van der Waals surface area contributed by atoms with Crippen LogP contribution in [0.5, 0.6) is 0 Å².